The lowest BCUT2D eigenvalue weighted by molar-refractivity contribution is 0.00752. The second-order valence-corrected chi connectivity index (χ2v) is 8.18. The molecule has 0 amide bonds. The Hall–Kier alpha value is -1.63. The number of guanidine groups is 1. The maximum absolute atomic E-state index is 5.51. The summed E-state index contributed by atoms with van der Waals surface area (Å²) < 4.78 is 5.51. The molecule has 2 N–H and O–H groups in total. The molecule has 158 valence electrons. The Kier molecular flexibility index (Phi) is 9.22. The summed E-state index contributed by atoms with van der Waals surface area (Å²) in [5.41, 5.74) is 2.60. The summed E-state index contributed by atoms with van der Waals surface area (Å²) >= 11 is 0. The van der Waals surface area contributed by atoms with Gasteiger partial charge in [0.15, 0.2) is 5.96 Å². The first kappa shape index (κ1) is 22.7. The first-order valence-corrected chi connectivity index (χ1v) is 10.4. The molecule has 1 aromatic rings. The number of morpholine rings is 1. The molecule has 1 aliphatic heterocycles. The average Bonchev–Trinajstić information content (AvgIpc) is 2.68. The van der Waals surface area contributed by atoms with Crippen molar-refractivity contribution in [1.29, 1.82) is 0 Å². The van der Waals surface area contributed by atoms with Crippen molar-refractivity contribution in [3.8, 4) is 0 Å². The van der Waals surface area contributed by atoms with Crippen molar-refractivity contribution in [1.82, 2.24) is 20.4 Å². The molecule has 1 heterocycles. The minimum absolute atomic E-state index is 0.291. The van der Waals surface area contributed by atoms with Crippen molar-refractivity contribution < 1.29 is 4.74 Å². The van der Waals surface area contributed by atoms with E-state index < -0.39 is 0 Å². The summed E-state index contributed by atoms with van der Waals surface area (Å²) in [6.45, 7) is 12.1. The molecule has 6 heteroatoms. The molecular formula is C22H39N5O. The van der Waals surface area contributed by atoms with Crippen LogP contribution in [-0.4, -0.2) is 82.3 Å². The monoisotopic (exact) mass is 389 g/mol. The largest absolute Gasteiger partial charge is 0.379 e. The molecule has 0 bridgehead atoms. The van der Waals surface area contributed by atoms with Crippen molar-refractivity contribution in [3.63, 3.8) is 0 Å². The zero-order chi connectivity index (χ0) is 20.5. The van der Waals surface area contributed by atoms with Crippen LogP contribution in [0.3, 0.4) is 0 Å². The van der Waals surface area contributed by atoms with E-state index in [4.69, 9.17) is 4.74 Å². The number of likely N-dealkylation sites (N-methyl/N-ethyl adjacent to an activating group) is 1. The maximum Gasteiger partial charge on any atom is 0.191 e. The van der Waals surface area contributed by atoms with Crippen molar-refractivity contribution in [3.05, 3.63) is 35.4 Å². The molecule has 0 aromatic heterocycles. The minimum atomic E-state index is 0.291. The van der Waals surface area contributed by atoms with Crippen molar-refractivity contribution in [2.24, 2.45) is 10.9 Å². The van der Waals surface area contributed by atoms with E-state index in [-0.39, 0.29) is 0 Å². The lowest BCUT2D eigenvalue weighted by Gasteiger charge is -2.37. The first-order valence-electron chi connectivity index (χ1n) is 10.4. The fraction of sp³-hybridized carbons (Fsp3) is 0.682. The number of ether oxygens (including phenoxy) is 1. The van der Waals surface area contributed by atoms with E-state index in [9.17, 15) is 0 Å². The smallest absolute Gasteiger partial charge is 0.191 e. The van der Waals surface area contributed by atoms with E-state index in [0.717, 1.165) is 45.4 Å². The van der Waals surface area contributed by atoms with Gasteiger partial charge >= 0.3 is 0 Å². The Morgan fingerprint density at radius 1 is 1.11 bits per heavy atom. The zero-order valence-corrected chi connectivity index (χ0v) is 18.5. The van der Waals surface area contributed by atoms with E-state index in [1.54, 1.807) is 0 Å². The van der Waals surface area contributed by atoms with E-state index >= 15 is 0 Å². The van der Waals surface area contributed by atoms with Gasteiger partial charge in [0.1, 0.15) is 0 Å². The maximum atomic E-state index is 5.51. The van der Waals surface area contributed by atoms with E-state index in [1.165, 1.54) is 11.1 Å². The van der Waals surface area contributed by atoms with Crippen molar-refractivity contribution in [2.75, 3.05) is 60.5 Å². The van der Waals surface area contributed by atoms with Gasteiger partial charge in [0.25, 0.3) is 0 Å². The number of aliphatic imine (C=N–C) groups is 1. The topological polar surface area (TPSA) is 52.1 Å². The van der Waals surface area contributed by atoms with Crippen LogP contribution in [0, 0.1) is 12.8 Å². The van der Waals surface area contributed by atoms with Gasteiger partial charge in [-0.05, 0) is 32.5 Å². The fourth-order valence-corrected chi connectivity index (χ4v) is 3.70. The minimum Gasteiger partial charge on any atom is -0.379 e. The van der Waals surface area contributed by atoms with Crippen LogP contribution in [-0.2, 0) is 4.74 Å². The van der Waals surface area contributed by atoms with Crippen LogP contribution in [0.25, 0.3) is 0 Å². The molecule has 1 fully saturated rings. The highest BCUT2D eigenvalue weighted by atomic mass is 16.5. The van der Waals surface area contributed by atoms with Crippen LogP contribution >= 0.6 is 0 Å². The summed E-state index contributed by atoms with van der Waals surface area (Å²) in [5.74, 6) is 1.43. The Morgan fingerprint density at radius 2 is 1.71 bits per heavy atom. The summed E-state index contributed by atoms with van der Waals surface area (Å²) in [5, 5.41) is 7.06. The highest BCUT2D eigenvalue weighted by Crippen LogP contribution is 2.18. The summed E-state index contributed by atoms with van der Waals surface area (Å²) in [6, 6.07) is 9.54. The summed E-state index contributed by atoms with van der Waals surface area (Å²) in [6.07, 6.45) is 0. The van der Waals surface area contributed by atoms with Gasteiger partial charge in [0.2, 0.25) is 0 Å². The Bertz CT molecular complexity index is 593. The predicted molar refractivity (Wildman–Crippen MR) is 118 cm³/mol. The molecule has 0 radical (unpaired) electrons. The molecule has 2 unspecified atom stereocenters. The number of hydrogen-bond donors (Lipinski definition) is 2. The molecule has 28 heavy (non-hydrogen) atoms. The number of rotatable bonds is 8. The molecule has 1 aromatic carbocycles. The first-order chi connectivity index (χ1) is 13.4. The zero-order valence-electron chi connectivity index (χ0n) is 18.5. The van der Waals surface area contributed by atoms with Crippen LogP contribution in [0.15, 0.2) is 29.3 Å². The second kappa shape index (κ2) is 11.4. The third-order valence-corrected chi connectivity index (χ3v) is 5.53. The van der Waals surface area contributed by atoms with Gasteiger partial charge in [-0.1, -0.05) is 43.7 Å². The molecule has 2 rings (SSSR count). The van der Waals surface area contributed by atoms with Gasteiger partial charge in [-0.25, -0.2) is 0 Å². The Morgan fingerprint density at radius 3 is 2.25 bits per heavy atom. The normalized spacial score (nSPS) is 18.4. The summed E-state index contributed by atoms with van der Waals surface area (Å²) in [7, 11) is 6.08. The highest BCUT2D eigenvalue weighted by Gasteiger charge is 2.24. The van der Waals surface area contributed by atoms with Crippen LogP contribution in [0.2, 0.25) is 0 Å². The lowest BCUT2D eigenvalue weighted by atomic mass is 10.0. The van der Waals surface area contributed by atoms with Crippen molar-refractivity contribution in [2.45, 2.75) is 32.9 Å². The molecule has 1 aliphatic rings. The third-order valence-electron chi connectivity index (χ3n) is 5.53. The van der Waals surface area contributed by atoms with Crippen molar-refractivity contribution >= 4 is 5.96 Å². The number of nitrogens with zero attached hydrogens (tertiary/aromatic N) is 3. The van der Waals surface area contributed by atoms with E-state index in [2.05, 4.69) is 84.6 Å². The Labute approximate surface area is 171 Å². The van der Waals surface area contributed by atoms with Crippen LogP contribution in [0.5, 0.6) is 0 Å². The third kappa shape index (κ3) is 6.76. The van der Waals surface area contributed by atoms with Crippen LogP contribution in [0.4, 0.5) is 0 Å². The average molecular weight is 390 g/mol. The highest BCUT2D eigenvalue weighted by molar-refractivity contribution is 5.79. The summed E-state index contributed by atoms with van der Waals surface area (Å²) in [4.78, 5) is 9.21. The second-order valence-electron chi connectivity index (χ2n) is 8.18. The number of aryl methyl sites for hydroxylation is 1. The lowest BCUT2D eigenvalue weighted by Crippen LogP contribution is -2.53. The standard InChI is InChI=1S/C22H39N5O/c1-17(2)20(27-11-13-28-14-12-27)15-24-22(23-4)25-16-21(26(5)6)19-9-7-18(3)8-10-19/h7-10,17,20-21H,11-16H2,1-6H3,(H2,23,24,25). The molecule has 0 saturated carbocycles. The van der Waals surface area contributed by atoms with Crippen LogP contribution < -0.4 is 10.6 Å². The molecule has 6 nitrogen and oxygen atoms in total. The number of nitrogens with one attached hydrogen (secondary N) is 2. The van der Waals surface area contributed by atoms with Gasteiger partial charge in [0, 0.05) is 39.3 Å². The quantitative estimate of drug-likeness (QED) is 0.527. The van der Waals surface area contributed by atoms with E-state index in [1.807, 2.05) is 7.05 Å². The predicted octanol–water partition coefficient (Wildman–Crippen LogP) is 2.12. The fourth-order valence-electron chi connectivity index (χ4n) is 3.70. The van der Waals surface area contributed by atoms with Gasteiger partial charge < -0.3 is 20.3 Å². The van der Waals surface area contributed by atoms with Gasteiger partial charge in [-0.2, -0.15) is 0 Å². The molecule has 0 aliphatic carbocycles. The van der Waals surface area contributed by atoms with Crippen LogP contribution in [0.1, 0.15) is 31.0 Å². The van der Waals surface area contributed by atoms with Gasteiger partial charge in [0.05, 0.1) is 19.3 Å². The van der Waals surface area contributed by atoms with Gasteiger partial charge in [-0.15, -0.1) is 0 Å². The SMILES string of the molecule is CN=C(NCC(c1ccc(C)cc1)N(C)C)NCC(C(C)C)N1CCOCC1. The Balaban J connectivity index is 1.92. The molecule has 0 spiro atoms. The van der Waals surface area contributed by atoms with E-state index in [0.29, 0.717) is 18.0 Å². The molecule has 2 atom stereocenters. The van der Waals surface area contributed by atoms with Gasteiger partial charge in [-0.3, -0.25) is 9.89 Å². The number of hydrogen-bond acceptors (Lipinski definition) is 4. The number of benzene rings is 1. The molecular weight excluding hydrogens is 350 g/mol. The molecule has 1 saturated heterocycles.